The molecule has 0 radical (unpaired) electrons. The molecule has 0 saturated heterocycles. The zero-order valence-electron chi connectivity index (χ0n) is 10.6. The van der Waals surface area contributed by atoms with E-state index in [9.17, 15) is 18.0 Å². The highest BCUT2D eigenvalue weighted by Crippen LogP contribution is 2.41. The fraction of sp³-hybridized carbons (Fsp3) is 0.667. The standard InChI is InChI=1S/C12H16F3N3O/c1-18-7-8(6-16-18)17-11(19)9-4-2-3-5-10(9)12(13,14)15/h6-7,9-10H,2-5H2,1H3,(H,17,19)/t9-,10+/m1/s1. The van der Waals surface area contributed by atoms with Crippen molar-refractivity contribution in [2.75, 3.05) is 5.32 Å². The number of hydrogen-bond acceptors (Lipinski definition) is 2. The first kappa shape index (κ1) is 13.9. The lowest BCUT2D eigenvalue weighted by atomic mass is 9.78. The SMILES string of the molecule is Cn1cc(NC(=O)[C@@H]2CCCC[C@@H]2C(F)(F)F)cn1. The second-order valence-electron chi connectivity index (χ2n) is 4.93. The number of aromatic nitrogens is 2. The number of aryl methyl sites for hydroxylation is 1. The summed E-state index contributed by atoms with van der Waals surface area (Å²) >= 11 is 0. The van der Waals surface area contributed by atoms with E-state index < -0.39 is 23.9 Å². The number of anilines is 1. The van der Waals surface area contributed by atoms with E-state index in [4.69, 9.17) is 0 Å². The van der Waals surface area contributed by atoms with Gasteiger partial charge in [-0.15, -0.1) is 0 Å². The van der Waals surface area contributed by atoms with Gasteiger partial charge in [-0.05, 0) is 12.8 Å². The van der Waals surface area contributed by atoms with Crippen LogP contribution in [0.1, 0.15) is 25.7 Å². The van der Waals surface area contributed by atoms with E-state index in [0.29, 0.717) is 18.5 Å². The van der Waals surface area contributed by atoms with Gasteiger partial charge in [-0.1, -0.05) is 12.8 Å². The third-order valence-electron chi connectivity index (χ3n) is 3.50. The van der Waals surface area contributed by atoms with Crippen molar-refractivity contribution in [2.24, 2.45) is 18.9 Å². The van der Waals surface area contributed by atoms with Crippen LogP contribution in [0.15, 0.2) is 12.4 Å². The van der Waals surface area contributed by atoms with E-state index in [2.05, 4.69) is 10.4 Å². The van der Waals surface area contributed by atoms with Gasteiger partial charge >= 0.3 is 6.18 Å². The number of hydrogen-bond donors (Lipinski definition) is 1. The predicted octanol–water partition coefficient (Wildman–Crippen LogP) is 2.73. The smallest absolute Gasteiger partial charge is 0.323 e. The highest BCUT2D eigenvalue weighted by molar-refractivity contribution is 5.92. The van der Waals surface area contributed by atoms with Crippen LogP contribution < -0.4 is 5.32 Å². The Kier molecular flexibility index (Phi) is 3.82. The zero-order chi connectivity index (χ0) is 14.0. The molecule has 1 amide bonds. The largest absolute Gasteiger partial charge is 0.392 e. The number of carbonyl (C=O) groups excluding carboxylic acids is 1. The van der Waals surface area contributed by atoms with Gasteiger partial charge in [0.25, 0.3) is 0 Å². The summed E-state index contributed by atoms with van der Waals surface area (Å²) in [6, 6.07) is 0. The van der Waals surface area contributed by atoms with Crippen molar-refractivity contribution < 1.29 is 18.0 Å². The molecule has 2 rings (SSSR count). The number of rotatable bonds is 2. The number of nitrogens with one attached hydrogen (secondary N) is 1. The molecule has 1 aromatic rings. The Morgan fingerprint density at radius 3 is 2.68 bits per heavy atom. The van der Waals surface area contributed by atoms with E-state index >= 15 is 0 Å². The Labute approximate surface area is 109 Å². The quantitative estimate of drug-likeness (QED) is 0.902. The Morgan fingerprint density at radius 2 is 2.11 bits per heavy atom. The molecule has 2 atom stereocenters. The number of halogens is 3. The second-order valence-corrected chi connectivity index (χ2v) is 4.93. The zero-order valence-corrected chi connectivity index (χ0v) is 10.6. The van der Waals surface area contributed by atoms with Gasteiger partial charge < -0.3 is 5.32 Å². The van der Waals surface area contributed by atoms with Gasteiger partial charge in [-0.25, -0.2) is 0 Å². The topological polar surface area (TPSA) is 46.9 Å². The van der Waals surface area contributed by atoms with Crippen LogP contribution in [0.3, 0.4) is 0 Å². The first-order chi connectivity index (χ1) is 8.88. The molecule has 7 heteroatoms. The highest BCUT2D eigenvalue weighted by atomic mass is 19.4. The maximum Gasteiger partial charge on any atom is 0.392 e. The van der Waals surface area contributed by atoms with Crippen LogP contribution in [0, 0.1) is 11.8 Å². The molecule has 106 valence electrons. The van der Waals surface area contributed by atoms with Gasteiger partial charge in [0.15, 0.2) is 0 Å². The summed E-state index contributed by atoms with van der Waals surface area (Å²) in [6.45, 7) is 0. The number of nitrogens with zero attached hydrogens (tertiary/aromatic N) is 2. The predicted molar refractivity (Wildman–Crippen MR) is 63.3 cm³/mol. The van der Waals surface area contributed by atoms with E-state index in [0.717, 1.165) is 0 Å². The van der Waals surface area contributed by atoms with Crippen LogP contribution in [0.4, 0.5) is 18.9 Å². The minimum atomic E-state index is -4.31. The monoisotopic (exact) mass is 275 g/mol. The lowest BCUT2D eigenvalue weighted by Gasteiger charge is -2.31. The molecule has 1 N–H and O–H groups in total. The summed E-state index contributed by atoms with van der Waals surface area (Å²) in [7, 11) is 1.68. The highest BCUT2D eigenvalue weighted by Gasteiger charge is 2.48. The normalized spacial score (nSPS) is 24.2. The van der Waals surface area contributed by atoms with Crippen LogP contribution in [-0.2, 0) is 11.8 Å². The molecular formula is C12H16F3N3O. The van der Waals surface area contributed by atoms with Gasteiger partial charge in [0.05, 0.1) is 17.8 Å². The number of alkyl halides is 3. The first-order valence-corrected chi connectivity index (χ1v) is 6.24. The van der Waals surface area contributed by atoms with Gasteiger partial charge in [0, 0.05) is 19.2 Å². The summed E-state index contributed by atoms with van der Waals surface area (Å²) in [5.74, 6) is -3.08. The molecule has 0 aliphatic heterocycles. The molecule has 1 aromatic heterocycles. The molecule has 1 heterocycles. The van der Waals surface area contributed by atoms with E-state index in [1.165, 1.54) is 10.9 Å². The fourth-order valence-electron chi connectivity index (χ4n) is 2.56. The summed E-state index contributed by atoms with van der Waals surface area (Å²) in [5, 5.41) is 6.37. The van der Waals surface area contributed by atoms with E-state index in [1.807, 2.05) is 0 Å². The number of carbonyl (C=O) groups is 1. The van der Waals surface area contributed by atoms with Crippen molar-refractivity contribution in [3.8, 4) is 0 Å². The van der Waals surface area contributed by atoms with Crippen molar-refractivity contribution >= 4 is 11.6 Å². The first-order valence-electron chi connectivity index (χ1n) is 6.24. The Hall–Kier alpha value is -1.53. The summed E-state index contributed by atoms with van der Waals surface area (Å²) in [6.07, 6.45) is 0.188. The Bertz CT molecular complexity index is 455. The fourth-order valence-corrected chi connectivity index (χ4v) is 2.56. The molecule has 4 nitrogen and oxygen atoms in total. The number of amides is 1. The maximum absolute atomic E-state index is 12.9. The van der Waals surface area contributed by atoms with Crippen molar-refractivity contribution in [1.29, 1.82) is 0 Å². The van der Waals surface area contributed by atoms with Crippen molar-refractivity contribution in [3.05, 3.63) is 12.4 Å². The Morgan fingerprint density at radius 1 is 1.42 bits per heavy atom. The molecule has 1 aliphatic rings. The van der Waals surface area contributed by atoms with Crippen LogP contribution in [0.5, 0.6) is 0 Å². The maximum atomic E-state index is 12.9. The molecular weight excluding hydrogens is 259 g/mol. The van der Waals surface area contributed by atoms with Crippen LogP contribution in [0.2, 0.25) is 0 Å². The molecule has 0 spiro atoms. The average molecular weight is 275 g/mol. The van der Waals surface area contributed by atoms with Gasteiger partial charge in [-0.3, -0.25) is 9.48 Å². The minimum absolute atomic E-state index is 0.0363. The van der Waals surface area contributed by atoms with Crippen molar-refractivity contribution in [1.82, 2.24) is 9.78 Å². The van der Waals surface area contributed by atoms with Crippen LogP contribution in [-0.4, -0.2) is 21.9 Å². The van der Waals surface area contributed by atoms with Crippen LogP contribution in [0.25, 0.3) is 0 Å². The summed E-state index contributed by atoms with van der Waals surface area (Å²) in [4.78, 5) is 12.0. The molecule has 1 saturated carbocycles. The van der Waals surface area contributed by atoms with Crippen molar-refractivity contribution in [2.45, 2.75) is 31.9 Å². The van der Waals surface area contributed by atoms with E-state index in [1.54, 1.807) is 13.2 Å². The summed E-state index contributed by atoms with van der Waals surface area (Å²) in [5.41, 5.74) is 0.430. The molecule has 0 aromatic carbocycles. The van der Waals surface area contributed by atoms with Gasteiger partial charge in [0.2, 0.25) is 5.91 Å². The molecule has 0 bridgehead atoms. The third-order valence-corrected chi connectivity index (χ3v) is 3.50. The average Bonchev–Trinajstić information content (AvgIpc) is 2.73. The minimum Gasteiger partial charge on any atom is -0.323 e. The lowest BCUT2D eigenvalue weighted by molar-refractivity contribution is -0.197. The molecule has 1 fully saturated rings. The molecule has 1 aliphatic carbocycles. The van der Waals surface area contributed by atoms with Crippen molar-refractivity contribution in [3.63, 3.8) is 0 Å². The lowest BCUT2D eigenvalue weighted by Crippen LogP contribution is -2.39. The third kappa shape index (κ3) is 3.27. The van der Waals surface area contributed by atoms with E-state index in [-0.39, 0.29) is 12.8 Å². The molecule has 19 heavy (non-hydrogen) atoms. The summed E-state index contributed by atoms with van der Waals surface area (Å²) < 4.78 is 40.2. The van der Waals surface area contributed by atoms with Gasteiger partial charge in [-0.2, -0.15) is 18.3 Å². The van der Waals surface area contributed by atoms with Crippen LogP contribution >= 0.6 is 0 Å². The molecule has 0 unspecified atom stereocenters. The second kappa shape index (κ2) is 5.22. The van der Waals surface area contributed by atoms with Gasteiger partial charge in [0.1, 0.15) is 0 Å². The Balaban J connectivity index is 2.07.